The monoisotopic (exact) mass is 291 g/mol. The predicted molar refractivity (Wildman–Crippen MR) is 74.6 cm³/mol. The van der Waals surface area contributed by atoms with E-state index in [0.29, 0.717) is 11.9 Å². The average Bonchev–Trinajstić information content (AvgIpc) is 3.19. The molecule has 10 nitrogen and oxygen atoms in total. The Morgan fingerprint density at radius 3 is 2.90 bits per heavy atom. The van der Waals surface area contributed by atoms with E-state index >= 15 is 0 Å². The molecule has 4 N–H and O–H groups in total. The van der Waals surface area contributed by atoms with Crippen molar-refractivity contribution in [2.24, 2.45) is 5.84 Å². The second kappa shape index (κ2) is 5.97. The maximum Gasteiger partial charge on any atom is 0.258 e. The molecule has 0 aromatic carbocycles. The predicted octanol–water partition coefficient (Wildman–Crippen LogP) is -0.283. The summed E-state index contributed by atoms with van der Waals surface area (Å²) in [6.45, 7) is 2.83. The molecule has 112 valence electrons. The van der Waals surface area contributed by atoms with Gasteiger partial charge in [0.25, 0.3) is 5.95 Å². The first kappa shape index (κ1) is 13.6. The van der Waals surface area contributed by atoms with E-state index in [2.05, 4.69) is 35.8 Å². The van der Waals surface area contributed by atoms with E-state index < -0.39 is 0 Å². The van der Waals surface area contributed by atoms with Gasteiger partial charge in [-0.15, -0.1) is 0 Å². The minimum Gasteiger partial charge on any atom is -0.376 e. The third-order valence-corrected chi connectivity index (χ3v) is 3.26. The van der Waals surface area contributed by atoms with Crippen molar-refractivity contribution in [1.82, 2.24) is 29.7 Å². The minimum absolute atomic E-state index is 0.0871. The van der Waals surface area contributed by atoms with Crippen molar-refractivity contribution in [3.63, 3.8) is 0 Å². The van der Waals surface area contributed by atoms with E-state index in [0.717, 1.165) is 19.4 Å². The van der Waals surface area contributed by atoms with Crippen molar-refractivity contribution in [2.45, 2.75) is 31.9 Å². The van der Waals surface area contributed by atoms with E-state index in [4.69, 9.17) is 10.6 Å². The Morgan fingerprint density at radius 2 is 2.24 bits per heavy atom. The third-order valence-electron chi connectivity index (χ3n) is 3.26. The van der Waals surface area contributed by atoms with E-state index in [1.54, 1.807) is 0 Å². The van der Waals surface area contributed by atoms with Gasteiger partial charge in [-0.05, 0) is 19.8 Å². The Hall–Kier alpha value is -2.33. The second-order valence-electron chi connectivity index (χ2n) is 4.75. The number of hydrogen-bond donors (Lipinski definition) is 3. The fraction of sp³-hybridized carbons (Fsp3) is 0.545. The molecule has 3 rings (SSSR count). The number of hydrazine groups is 1. The summed E-state index contributed by atoms with van der Waals surface area (Å²) in [7, 11) is 0. The van der Waals surface area contributed by atoms with Crippen LogP contribution in [0.2, 0.25) is 0 Å². The summed E-state index contributed by atoms with van der Waals surface area (Å²) >= 11 is 0. The molecule has 0 amide bonds. The molecule has 0 spiro atoms. The normalized spacial score (nSPS) is 19.4. The molecule has 0 aliphatic carbocycles. The summed E-state index contributed by atoms with van der Waals surface area (Å²) in [5, 5.41) is 7.21. The van der Waals surface area contributed by atoms with Crippen LogP contribution < -0.4 is 16.6 Å². The molecule has 2 unspecified atom stereocenters. The molecule has 21 heavy (non-hydrogen) atoms. The maximum absolute atomic E-state index is 5.64. The molecule has 1 aliphatic heterocycles. The summed E-state index contributed by atoms with van der Waals surface area (Å²) in [6, 6.07) is 0.0871. The maximum atomic E-state index is 5.64. The molecule has 1 saturated heterocycles. The molecule has 0 bridgehead atoms. The number of nitrogens with zero attached hydrogens (tertiary/aromatic N) is 6. The zero-order valence-corrected chi connectivity index (χ0v) is 11.6. The highest BCUT2D eigenvalue weighted by molar-refractivity contribution is 5.37. The van der Waals surface area contributed by atoms with Gasteiger partial charge in [-0.25, -0.2) is 10.8 Å². The summed E-state index contributed by atoms with van der Waals surface area (Å²) in [5.74, 6) is 6.38. The van der Waals surface area contributed by atoms with E-state index in [9.17, 15) is 0 Å². The number of ether oxygens (including phenoxy) is 1. The molecule has 0 radical (unpaired) electrons. The van der Waals surface area contributed by atoms with Gasteiger partial charge in [0.05, 0.1) is 12.1 Å². The van der Waals surface area contributed by atoms with Crippen LogP contribution in [0, 0.1) is 0 Å². The minimum atomic E-state index is 0.0871. The molecule has 10 heteroatoms. The lowest BCUT2D eigenvalue weighted by Crippen LogP contribution is -2.31. The van der Waals surface area contributed by atoms with Crippen LogP contribution in [0.5, 0.6) is 0 Å². The molecular formula is C11H17N9O. The molecule has 3 heterocycles. The highest BCUT2D eigenvalue weighted by Gasteiger charge is 2.23. The first-order valence-electron chi connectivity index (χ1n) is 6.72. The first-order valence-corrected chi connectivity index (χ1v) is 6.72. The van der Waals surface area contributed by atoms with Gasteiger partial charge in [0.1, 0.15) is 12.7 Å². The number of anilines is 2. The van der Waals surface area contributed by atoms with Crippen molar-refractivity contribution in [1.29, 1.82) is 0 Å². The van der Waals surface area contributed by atoms with Gasteiger partial charge in [-0.3, -0.25) is 5.43 Å². The molecule has 0 saturated carbocycles. The van der Waals surface area contributed by atoms with Gasteiger partial charge in [0, 0.05) is 6.61 Å². The molecule has 2 aromatic rings. The smallest absolute Gasteiger partial charge is 0.258 e. The van der Waals surface area contributed by atoms with Gasteiger partial charge in [0.15, 0.2) is 0 Å². The van der Waals surface area contributed by atoms with Gasteiger partial charge in [-0.1, -0.05) is 0 Å². The molecule has 1 aliphatic rings. The van der Waals surface area contributed by atoms with Crippen molar-refractivity contribution >= 4 is 11.9 Å². The summed E-state index contributed by atoms with van der Waals surface area (Å²) in [6.07, 6.45) is 5.17. The molecular weight excluding hydrogens is 274 g/mol. The summed E-state index contributed by atoms with van der Waals surface area (Å²) in [5.41, 5.74) is 2.42. The highest BCUT2D eigenvalue weighted by Crippen LogP contribution is 2.18. The quantitative estimate of drug-likeness (QED) is 0.503. The van der Waals surface area contributed by atoms with Gasteiger partial charge in [-0.2, -0.15) is 24.7 Å². The van der Waals surface area contributed by atoms with Gasteiger partial charge >= 0.3 is 0 Å². The lowest BCUT2D eigenvalue weighted by molar-refractivity contribution is 0.0994. The number of nitrogens with two attached hydrogens (primary N) is 1. The third kappa shape index (κ3) is 3.06. The van der Waals surface area contributed by atoms with Crippen molar-refractivity contribution in [3.05, 3.63) is 12.7 Å². The Kier molecular flexibility index (Phi) is 3.88. The largest absolute Gasteiger partial charge is 0.376 e. The van der Waals surface area contributed by atoms with Crippen LogP contribution in [0.25, 0.3) is 5.95 Å². The van der Waals surface area contributed by atoms with Crippen molar-refractivity contribution < 1.29 is 4.74 Å². The van der Waals surface area contributed by atoms with E-state index in [-0.39, 0.29) is 18.1 Å². The van der Waals surface area contributed by atoms with Gasteiger partial charge in [0.2, 0.25) is 11.9 Å². The van der Waals surface area contributed by atoms with Crippen LogP contribution in [0.1, 0.15) is 19.8 Å². The van der Waals surface area contributed by atoms with Crippen molar-refractivity contribution in [3.8, 4) is 5.95 Å². The Morgan fingerprint density at radius 1 is 1.38 bits per heavy atom. The Labute approximate surface area is 121 Å². The van der Waals surface area contributed by atoms with Crippen LogP contribution in [0.15, 0.2) is 12.7 Å². The fourth-order valence-corrected chi connectivity index (χ4v) is 2.20. The SMILES string of the molecule is CC(Nc1nc(NN)nc(-n2cncn2)n1)C1CCCO1. The number of nitrogens with one attached hydrogen (secondary N) is 2. The standard InChI is InChI=1S/C11H17N9O/c1-7(8-3-2-4-21-8)15-9-16-10(19-12)18-11(17-9)20-6-13-5-14-20/h5-8H,2-4,12H2,1H3,(H2,15,16,17,18,19). The summed E-state index contributed by atoms with van der Waals surface area (Å²) in [4.78, 5) is 16.5. The van der Waals surface area contributed by atoms with Crippen LogP contribution in [-0.4, -0.2) is 48.5 Å². The topological polar surface area (TPSA) is 129 Å². The fourth-order valence-electron chi connectivity index (χ4n) is 2.20. The lowest BCUT2D eigenvalue weighted by atomic mass is 10.1. The average molecular weight is 291 g/mol. The Bertz CT molecular complexity index is 581. The molecule has 2 atom stereocenters. The van der Waals surface area contributed by atoms with Crippen molar-refractivity contribution in [2.75, 3.05) is 17.3 Å². The molecule has 2 aromatic heterocycles. The highest BCUT2D eigenvalue weighted by atomic mass is 16.5. The number of rotatable bonds is 5. The second-order valence-corrected chi connectivity index (χ2v) is 4.75. The van der Waals surface area contributed by atoms with Crippen LogP contribution in [-0.2, 0) is 4.74 Å². The van der Waals surface area contributed by atoms with Crippen LogP contribution >= 0.6 is 0 Å². The zero-order chi connectivity index (χ0) is 14.7. The lowest BCUT2D eigenvalue weighted by Gasteiger charge is -2.20. The van der Waals surface area contributed by atoms with E-state index in [1.807, 2.05) is 6.92 Å². The zero-order valence-electron chi connectivity index (χ0n) is 11.6. The molecule has 1 fully saturated rings. The summed E-state index contributed by atoms with van der Waals surface area (Å²) < 4.78 is 7.08. The van der Waals surface area contributed by atoms with Crippen LogP contribution in [0.4, 0.5) is 11.9 Å². The number of hydrogen-bond acceptors (Lipinski definition) is 9. The number of nitrogen functional groups attached to an aromatic ring is 1. The van der Waals surface area contributed by atoms with Crippen LogP contribution in [0.3, 0.4) is 0 Å². The first-order chi connectivity index (χ1) is 10.3. The van der Waals surface area contributed by atoms with E-state index in [1.165, 1.54) is 17.3 Å². The number of aromatic nitrogens is 6. The van der Waals surface area contributed by atoms with Gasteiger partial charge < -0.3 is 10.1 Å². The Balaban J connectivity index is 1.82.